The summed E-state index contributed by atoms with van der Waals surface area (Å²) in [4.78, 5) is 11.7. The molecule has 0 heterocycles. The molecule has 4 nitrogen and oxygen atoms in total. The minimum Gasteiger partial charge on any atom is -0.465 e. The van der Waals surface area contributed by atoms with Crippen molar-refractivity contribution in [2.45, 2.75) is 11.3 Å². The SMILES string of the molecule is COC(=O)c1ccc(Cc2ccccc2)c(S(C)(=O)=O)c1. The zero-order valence-corrected chi connectivity index (χ0v) is 12.7. The van der Waals surface area contributed by atoms with E-state index in [9.17, 15) is 13.2 Å². The third-order valence-corrected chi connectivity index (χ3v) is 4.30. The van der Waals surface area contributed by atoms with E-state index in [1.165, 1.54) is 13.2 Å². The molecule has 0 saturated heterocycles. The van der Waals surface area contributed by atoms with Crippen LogP contribution in [0.2, 0.25) is 0 Å². The van der Waals surface area contributed by atoms with Gasteiger partial charge in [-0.3, -0.25) is 0 Å². The fourth-order valence-electron chi connectivity index (χ4n) is 2.11. The Morgan fingerprint density at radius 2 is 1.76 bits per heavy atom. The molecule has 110 valence electrons. The van der Waals surface area contributed by atoms with Crippen molar-refractivity contribution in [3.63, 3.8) is 0 Å². The van der Waals surface area contributed by atoms with Gasteiger partial charge in [-0.05, 0) is 29.7 Å². The highest BCUT2D eigenvalue weighted by atomic mass is 32.2. The second-order valence-electron chi connectivity index (χ2n) is 4.75. The van der Waals surface area contributed by atoms with Crippen molar-refractivity contribution in [3.05, 3.63) is 65.2 Å². The zero-order valence-electron chi connectivity index (χ0n) is 11.9. The molecule has 0 aliphatic heterocycles. The summed E-state index contributed by atoms with van der Waals surface area (Å²) < 4.78 is 28.5. The average Bonchev–Trinajstić information content (AvgIpc) is 2.47. The maximum Gasteiger partial charge on any atom is 0.337 e. The number of esters is 1. The third-order valence-electron chi connectivity index (χ3n) is 3.13. The van der Waals surface area contributed by atoms with Crippen LogP contribution in [0.4, 0.5) is 0 Å². The predicted molar refractivity (Wildman–Crippen MR) is 80.1 cm³/mol. The topological polar surface area (TPSA) is 60.4 Å². The van der Waals surface area contributed by atoms with Crippen molar-refractivity contribution in [2.75, 3.05) is 13.4 Å². The van der Waals surface area contributed by atoms with Crippen LogP contribution in [0.15, 0.2) is 53.4 Å². The first-order valence-electron chi connectivity index (χ1n) is 6.37. The summed E-state index contributed by atoms with van der Waals surface area (Å²) in [5.41, 5.74) is 1.90. The molecule has 0 saturated carbocycles. The van der Waals surface area contributed by atoms with Crippen LogP contribution in [0.5, 0.6) is 0 Å². The molecule has 21 heavy (non-hydrogen) atoms. The van der Waals surface area contributed by atoms with Crippen LogP contribution in [-0.4, -0.2) is 27.8 Å². The summed E-state index contributed by atoms with van der Waals surface area (Å²) in [6, 6.07) is 14.2. The van der Waals surface area contributed by atoms with E-state index in [1.54, 1.807) is 12.1 Å². The number of rotatable bonds is 4. The van der Waals surface area contributed by atoms with E-state index < -0.39 is 15.8 Å². The summed E-state index contributed by atoms with van der Waals surface area (Å²) in [6.07, 6.45) is 1.63. The van der Waals surface area contributed by atoms with Crippen LogP contribution < -0.4 is 0 Å². The Morgan fingerprint density at radius 3 is 2.33 bits per heavy atom. The van der Waals surface area contributed by atoms with E-state index in [4.69, 9.17) is 0 Å². The summed E-state index contributed by atoms with van der Waals surface area (Å²) in [6.45, 7) is 0. The first-order chi connectivity index (χ1) is 9.91. The largest absolute Gasteiger partial charge is 0.465 e. The number of carbonyl (C=O) groups is 1. The molecule has 0 amide bonds. The Bertz CT molecular complexity index is 749. The standard InChI is InChI=1S/C16H16O4S/c1-20-16(17)14-9-8-13(15(11-14)21(2,18)19)10-12-6-4-3-5-7-12/h3-9,11H,10H2,1-2H3. The summed E-state index contributed by atoms with van der Waals surface area (Å²) in [5, 5.41) is 0. The predicted octanol–water partition coefficient (Wildman–Crippen LogP) is 2.47. The van der Waals surface area contributed by atoms with Crippen LogP contribution in [0.3, 0.4) is 0 Å². The molecular formula is C16H16O4S. The maximum absolute atomic E-state index is 12.0. The van der Waals surface area contributed by atoms with Gasteiger partial charge in [-0.25, -0.2) is 13.2 Å². The van der Waals surface area contributed by atoms with Crippen molar-refractivity contribution in [1.82, 2.24) is 0 Å². The van der Waals surface area contributed by atoms with Crippen molar-refractivity contribution in [1.29, 1.82) is 0 Å². The lowest BCUT2D eigenvalue weighted by Gasteiger charge is -2.10. The molecule has 0 radical (unpaired) electrons. The smallest absolute Gasteiger partial charge is 0.337 e. The second-order valence-corrected chi connectivity index (χ2v) is 6.73. The first-order valence-corrected chi connectivity index (χ1v) is 8.26. The number of benzene rings is 2. The average molecular weight is 304 g/mol. The molecule has 5 heteroatoms. The molecule has 2 rings (SSSR count). The Kier molecular flexibility index (Phi) is 4.43. The highest BCUT2D eigenvalue weighted by Gasteiger charge is 2.17. The number of ether oxygens (including phenoxy) is 1. The number of hydrogen-bond donors (Lipinski definition) is 0. The van der Waals surface area contributed by atoms with Gasteiger partial charge in [0.05, 0.1) is 17.6 Å². The van der Waals surface area contributed by atoms with Gasteiger partial charge in [-0.1, -0.05) is 36.4 Å². The minimum atomic E-state index is -3.43. The molecule has 2 aromatic carbocycles. The molecule has 0 aliphatic carbocycles. The lowest BCUT2D eigenvalue weighted by molar-refractivity contribution is 0.0600. The highest BCUT2D eigenvalue weighted by Crippen LogP contribution is 2.21. The lowest BCUT2D eigenvalue weighted by atomic mass is 10.0. The monoisotopic (exact) mass is 304 g/mol. The van der Waals surface area contributed by atoms with Crippen molar-refractivity contribution >= 4 is 15.8 Å². The van der Waals surface area contributed by atoms with Crippen molar-refractivity contribution in [2.24, 2.45) is 0 Å². The quantitative estimate of drug-likeness (QED) is 0.814. The number of sulfone groups is 1. The number of methoxy groups -OCH3 is 1. The fourth-order valence-corrected chi connectivity index (χ4v) is 3.06. The van der Waals surface area contributed by atoms with Gasteiger partial charge in [0.1, 0.15) is 0 Å². The van der Waals surface area contributed by atoms with Gasteiger partial charge in [0.2, 0.25) is 0 Å². The molecule has 0 spiro atoms. The molecule has 0 unspecified atom stereocenters. The summed E-state index contributed by atoms with van der Waals surface area (Å²) >= 11 is 0. The van der Waals surface area contributed by atoms with Crippen molar-refractivity contribution < 1.29 is 17.9 Å². The van der Waals surface area contributed by atoms with Crippen LogP contribution in [0, 0.1) is 0 Å². The van der Waals surface area contributed by atoms with Crippen LogP contribution in [0.1, 0.15) is 21.5 Å². The van der Waals surface area contributed by atoms with Gasteiger partial charge in [0.25, 0.3) is 0 Å². The molecule has 0 N–H and O–H groups in total. The Morgan fingerprint density at radius 1 is 1.10 bits per heavy atom. The molecule has 0 aromatic heterocycles. The molecule has 0 fully saturated rings. The Labute approximate surface area is 124 Å². The first kappa shape index (κ1) is 15.3. The zero-order chi connectivity index (χ0) is 15.5. The van der Waals surface area contributed by atoms with Gasteiger partial charge >= 0.3 is 5.97 Å². The Balaban J connectivity index is 2.48. The molecule has 2 aromatic rings. The van der Waals surface area contributed by atoms with Gasteiger partial charge in [-0.15, -0.1) is 0 Å². The van der Waals surface area contributed by atoms with Crippen LogP contribution >= 0.6 is 0 Å². The molecule has 0 aliphatic rings. The normalized spacial score (nSPS) is 11.1. The van der Waals surface area contributed by atoms with E-state index in [2.05, 4.69) is 4.74 Å². The number of hydrogen-bond acceptors (Lipinski definition) is 4. The fraction of sp³-hybridized carbons (Fsp3) is 0.188. The van der Waals surface area contributed by atoms with E-state index in [0.717, 1.165) is 11.8 Å². The molecular weight excluding hydrogens is 288 g/mol. The van der Waals surface area contributed by atoms with Crippen molar-refractivity contribution in [3.8, 4) is 0 Å². The van der Waals surface area contributed by atoms with Gasteiger partial charge < -0.3 is 4.74 Å². The van der Waals surface area contributed by atoms with Gasteiger partial charge in [0.15, 0.2) is 9.84 Å². The lowest BCUT2D eigenvalue weighted by Crippen LogP contribution is -2.08. The Hall–Kier alpha value is -2.14. The van der Waals surface area contributed by atoms with Gasteiger partial charge in [-0.2, -0.15) is 0 Å². The number of carbonyl (C=O) groups excluding carboxylic acids is 1. The summed E-state index contributed by atoms with van der Waals surface area (Å²) in [7, 11) is -2.16. The maximum atomic E-state index is 12.0. The van der Waals surface area contributed by atoms with E-state index in [1.807, 2.05) is 30.3 Å². The second kappa shape index (κ2) is 6.10. The third kappa shape index (κ3) is 3.70. The summed E-state index contributed by atoms with van der Waals surface area (Å²) in [5.74, 6) is -0.550. The molecule has 0 bridgehead atoms. The van der Waals surface area contributed by atoms with Gasteiger partial charge in [0, 0.05) is 6.26 Å². The highest BCUT2D eigenvalue weighted by molar-refractivity contribution is 7.90. The van der Waals surface area contributed by atoms with E-state index in [-0.39, 0.29) is 10.5 Å². The van der Waals surface area contributed by atoms with E-state index in [0.29, 0.717) is 12.0 Å². The molecule has 0 atom stereocenters. The minimum absolute atomic E-state index is 0.161. The van der Waals surface area contributed by atoms with E-state index >= 15 is 0 Å². The van der Waals surface area contributed by atoms with Crippen LogP contribution in [-0.2, 0) is 21.0 Å². The van der Waals surface area contributed by atoms with Crippen LogP contribution in [0.25, 0.3) is 0 Å².